The zero-order valence-corrected chi connectivity index (χ0v) is 35.1. The Labute approximate surface area is 323 Å². The van der Waals surface area contributed by atoms with Gasteiger partial charge in [-0.2, -0.15) is 0 Å². The summed E-state index contributed by atoms with van der Waals surface area (Å²) in [6.07, 6.45) is 42.2. The predicted octanol–water partition coefficient (Wildman–Crippen LogP) is 12.9. The maximum atomic E-state index is 13.3. The van der Waals surface area contributed by atoms with Crippen molar-refractivity contribution in [1.82, 2.24) is 4.90 Å². The molecule has 0 aliphatic rings. The van der Waals surface area contributed by atoms with Crippen LogP contribution in [0.25, 0.3) is 0 Å². The quantitative estimate of drug-likeness (QED) is 0.0292. The second kappa shape index (κ2) is 39.0. The van der Waals surface area contributed by atoms with E-state index in [0.29, 0.717) is 19.6 Å². The minimum absolute atomic E-state index is 0.197. The highest BCUT2D eigenvalue weighted by Crippen LogP contribution is 2.29. The summed E-state index contributed by atoms with van der Waals surface area (Å²) in [6.45, 7) is 12.1. The molecule has 6 nitrogen and oxygen atoms in total. The van der Waals surface area contributed by atoms with Gasteiger partial charge in [0.05, 0.1) is 19.8 Å². The summed E-state index contributed by atoms with van der Waals surface area (Å²) in [4.78, 5) is 28.9. The number of carbonyl (C=O) groups excluding carboxylic acids is 2. The molecule has 0 rings (SSSR count). The Morgan fingerprint density at radius 2 is 0.885 bits per heavy atom. The van der Waals surface area contributed by atoms with Crippen molar-refractivity contribution in [2.45, 2.75) is 214 Å². The number of carbonyl (C=O) groups is 2. The minimum Gasteiger partial charge on any atom is -0.465 e. The number of hydrogen-bond acceptors (Lipinski definition) is 6. The topological polar surface area (TPSA) is 76.1 Å². The van der Waals surface area contributed by atoms with Gasteiger partial charge >= 0.3 is 11.9 Å². The van der Waals surface area contributed by atoms with E-state index in [1.54, 1.807) is 6.92 Å². The minimum atomic E-state index is -1.24. The van der Waals surface area contributed by atoms with Crippen LogP contribution >= 0.6 is 0 Å². The molecule has 52 heavy (non-hydrogen) atoms. The standard InChI is InChI=1S/C46H87NO5/c1-5-8-11-14-17-18-19-20-21-22-23-24-25-26-28-33-38-47(40-41-48)39-34-29-27-32-37-46(4,44(49)51-42-35-30-15-12-9-6-2)45(50)52-43-36-31-16-13-10-7-3/h17-18,20-21,48H,5-16,19,22-43H2,1-4H3/b18-17-,21-20-. The lowest BCUT2D eigenvalue weighted by molar-refractivity contribution is -0.172. The van der Waals surface area contributed by atoms with Crippen molar-refractivity contribution in [2.75, 3.05) is 39.5 Å². The van der Waals surface area contributed by atoms with E-state index in [-0.39, 0.29) is 6.61 Å². The Morgan fingerprint density at radius 1 is 0.500 bits per heavy atom. The van der Waals surface area contributed by atoms with Crippen molar-refractivity contribution in [2.24, 2.45) is 5.41 Å². The molecule has 0 aliphatic heterocycles. The summed E-state index contributed by atoms with van der Waals surface area (Å²) in [5.41, 5.74) is -1.24. The lowest BCUT2D eigenvalue weighted by Gasteiger charge is -2.25. The third-order valence-electron chi connectivity index (χ3n) is 10.4. The van der Waals surface area contributed by atoms with Crippen molar-refractivity contribution in [3.8, 4) is 0 Å². The number of aliphatic hydroxyl groups is 1. The number of hydrogen-bond donors (Lipinski definition) is 1. The first kappa shape index (κ1) is 50.3. The second-order valence-electron chi connectivity index (χ2n) is 15.5. The Hall–Kier alpha value is -1.66. The normalized spacial score (nSPS) is 12.1. The van der Waals surface area contributed by atoms with Gasteiger partial charge in [-0.25, -0.2) is 0 Å². The smallest absolute Gasteiger partial charge is 0.323 e. The summed E-state index contributed by atoms with van der Waals surface area (Å²) in [5, 5.41) is 9.62. The number of allylic oxidation sites excluding steroid dienone is 4. The predicted molar refractivity (Wildman–Crippen MR) is 223 cm³/mol. The molecule has 0 saturated carbocycles. The van der Waals surface area contributed by atoms with Gasteiger partial charge in [-0.15, -0.1) is 0 Å². The van der Waals surface area contributed by atoms with E-state index >= 15 is 0 Å². The third-order valence-corrected chi connectivity index (χ3v) is 10.4. The molecule has 0 spiro atoms. The van der Waals surface area contributed by atoms with Crippen LogP contribution in [0.4, 0.5) is 0 Å². The second-order valence-corrected chi connectivity index (χ2v) is 15.5. The van der Waals surface area contributed by atoms with Gasteiger partial charge in [0.2, 0.25) is 0 Å². The molecule has 0 aromatic carbocycles. The van der Waals surface area contributed by atoms with E-state index in [4.69, 9.17) is 9.47 Å². The highest BCUT2D eigenvalue weighted by molar-refractivity contribution is 5.99. The molecule has 6 heteroatoms. The molecule has 0 bridgehead atoms. The number of nitrogens with zero attached hydrogens (tertiary/aromatic N) is 1. The average molecular weight is 734 g/mol. The number of rotatable bonds is 40. The van der Waals surface area contributed by atoms with E-state index in [2.05, 4.69) is 50.0 Å². The lowest BCUT2D eigenvalue weighted by Crippen LogP contribution is -2.39. The Balaban J connectivity index is 4.39. The summed E-state index contributed by atoms with van der Waals surface area (Å²) < 4.78 is 11.4. The zero-order valence-electron chi connectivity index (χ0n) is 35.1. The fraction of sp³-hybridized carbons (Fsp3) is 0.870. The first-order valence-corrected chi connectivity index (χ1v) is 22.4. The van der Waals surface area contributed by atoms with Gasteiger partial charge in [0, 0.05) is 6.54 Å². The van der Waals surface area contributed by atoms with Gasteiger partial charge in [-0.05, 0) is 84.2 Å². The third kappa shape index (κ3) is 30.8. The molecule has 0 aromatic rings. The molecule has 0 radical (unpaired) electrons. The van der Waals surface area contributed by atoms with Gasteiger partial charge in [0.25, 0.3) is 0 Å². The van der Waals surface area contributed by atoms with Crippen molar-refractivity contribution in [3.63, 3.8) is 0 Å². The van der Waals surface area contributed by atoms with Crippen LogP contribution in [0.5, 0.6) is 0 Å². The maximum Gasteiger partial charge on any atom is 0.323 e. The molecule has 0 saturated heterocycles. The first-order chi connectivity index (χ1) is 25.5. The van der Waals surface area contributed by atoms with Crippen LogP contribution in [0.2, 0.25) is 0 Å². The van der Waals surface area contributed by atoms with Crippen LogP contribution in [0, 0.1) is 5.41 Å². The maximum absolute atomic E-state index is 13.3. The molecule has 0 fully saturated rings. The first-order valence-electron chi connectivity index (χ1n) is 22.4. The molecule has 0 aromatic heterocycles. The largest absolute Gasteiger partial charge is 0.465 e. The van der Waals surface area contributed by atoms with Crippen LogP contribution in [0.15, 0.2) is 24.3 Å². The van der Waals surface area contributed by atoms with E-state index in [0.717, 1.165) is 90.3 Å². The van der Waals surface area contributed by atoms with Gasteiger partial charge in [-0.1, -0.05) is 167 Å². The average Bonchev–Trinajstić information content (AvgIpc) is 3.14. The molecule has 0 amide bonds. The van der Waals surface area contributed by atoms with Crippen LogP contribution in [0.3, 0.4) is 0 Å². The van der Waals surface area contributed by atoms with Crippen molar-refractivity contribution in [1.29, 1.82) is 0 Å². The van der Waals surface area contributed by atoms with E-state index < -0.39 is 17.4 Å². The van der Waals surface area contributed by atoms with E-state index in [1.165, 1.54) is 109 Å². The van der Waals surface area contributed by atoms with Crippen LogP contribution in [-0.2, 0) is 19.1 Å². The van der Waals surface area contributed by atoms with Gasteiger partial charge in [0.1, 0.15) is 0 Å². The molecule has 0 aliphatic carbocycles. The summed E-state index contributed by atoms with van der Waals surface area (Å²) in [7, 11) is 0. The molecule has 0 heterocycles. The number of esters is 2. The number of ether oxygens (including phenoxy) is 2. The SMILES string of the molecule is CCCCC/C=C\C/C=C\CCCCCCCCN(CCO)CCCCCCC(C)(C(=O)OCCCCCCCC)C(=O)OCCCCCCCC. The fourth-order valence-electron chi connectivity index (χ4n) is 6.67. The van der Waals surface area contributed by atoms with Crippen LogP contribution in [-0.4, -0.2) is 61.4 Å². The summed E-state index contributed by atoms with van der Waals surface area (Å²) >= 11 is 0. The zero-order chi connectivity index (χ0) is 38.2. The van der Waals surface area contributed by atoms with Crippen LogP contribution < -0.4 is 0 Å². The number of aliphatic hydroxyl groups excluding tert-OH is 1. The highest BCUT2D eigenvalue weighted by atomic mass is 16.6. The molecule has 306 valence electrons. The monoisotopic (exact) mass is 734 g/mol. The van der Waals surface area contributed by atoms with Crippen molar-refractivity contribution >= 4 is 11.9 Å². The molecule has 1 N–H and O–H groups in total. The molecule has 0 atom stereocenters. The summed E-state index contributed by atoms with van der Waals surface area (Å²) in [6, 6.07) is 0. The molecular weight excluding hydrogens is 647 g/mol. The van der Waals surface area contributed by atoms with Gasteiger partial charge in [-0.3, -0.25) is 9.59 Å². The molecular formula is C46H87NO5. The van der Waals surface area contributed by atoms with Gasteiger partial charge in [0.15, 0.2) is 5.41 Å². The Morgan fingerprint density at radius 3 is 1.37 bits per heavy atom. The highest BCUT2D eigenvalue weighted by Gasteiger charge is 2.43. The van der Waals surface area contributed by atoms with Crippen molar-refractivity contribution < 1.29 is 24.2 Å². The summed E-state index contributed by atoms with van der Waals surface area (Å²) in [5.74, 6) is -0.840. The lowest BCUT2D eigenvalue weighted by atomic mass is 9.84. The van der Waals surface area contributed by atoms with E-state index in [1.807, 2.05) is 0 Å². The Bertz CT molecular complexity index is 811. The van der Waals surface area contributed by atoms with Gasteiger partial charge < -0.3 is 19.5 Å². The van der Waals surface area contributed by atoms with E-state index in [9.17, 15) is 14.7 Å². The van der Waals surface area contributed by atoms with Crippen molar-refractivity contribution in [3.05, 3.63) is 24.3 Å². The number of unbranched alkanes of at least 4 members (excludes halogenated alkanes) is 22. The Kier molecular flexibility index (Phi) is 37.8. The molecule has 0 unspecified atom stereocenters. The fourth-order valence-corrected chi connectivity index (χ4v) is 6.67. The van der Waals surface area contributed by atoms with Crippen LogP contribution in [0.1, 0.15) is 214 Å².